The largest absolute Gasteiger partial charge is 0.459 e. The number of rotatable bonds is 3. The zero-order valence-corrected chi connectivity index (χ0v) is 9.14. The predicted molar refractivity (Wildman–Crippen MR) is 53.0 cm³/mol. The zero-order valence-electron chi connectivity index (χ0n) is 9.14. The molecule has 6 heteroatoms. The standard InChI is InChI=1S/C10H14N2O4/c1-2-15-10(13)9-12-11-8(16-9)7-3-5-14-6-4-7/h7H,2-6H2,1H3. The molecule has 16 heavy (non-hydrogen) atoms. The smallest absolute Gasteiger partial charge is 0.396 e. The summed E-state index contributed by atoms with van der Waals surface area (Å²) in [5.41, 5.74) is 0. The molecule has 1 saturated heterocycles. The van der Waals surface area contributed by atoms with Crippen LogP contribution >= 0.6 is 0 Å². The zero-order chi connectivity index (χ0) is 11.4. The van der Waals surface area contributed by atoms with Gasteiger partial charge in [0.05, 0.1) is 6.61 Å². The minimum atomic E-state index is -0.562. The van der Waals surface area contributed by atoms with Crippen LogP contribution in [0.3, 0.4) is 0 Å². The SMILES string of the molecule is CCOC(=O)c1nnc(C2CCOCC2)o1. The molecule has 1 fully saturated rings. The molecule has 0 aromatic carbocycles. The molecule has 88 valence electrons. The topological polar surface area (TPSA) is 74.5 Å². The van der Waals surface area contributed by atoms with Crippen LogP contribution in [0.1, 0.15) is 42.3 Å². The molecular formula is C10H14N2O4. The van der Waals surface area contributed by atoms with Crippen LogP contribution in [0.5, 0.6) is 0 Å². The van der Waals surface area contributed by atoms with Gasteiger partial charge in [-0.1, -0.05) is 0 Å². The Morgan fingerprint density at radius 2 is 2.19 bits per heavy atom. The summed E-state index contributed by atoms with van der Waals surface area (Å²) >= 11 is 0. The van der Waals surface area contributed by atoms with E-state index in [9.17, 15) is 4.79 Å². The van der Waals surface area contributed by atoms with Gasteiger partial charge in [-0.25, -0.2) is 4.79 Å². The normalized spacial score (nSPS) is 17.3. The van der Waals surface area contributed by atoms with Crippen LogP contribution in [0.2, 0.25) is 0 Å². The second-order valence-corrected chi connectivity index (χ2v) is 3.55. The molecule has 0 unspecified atom stereocenters. The van der Waals surface area contributed by atoms with Crippen LogP contribution in [-0.2, 0) is 9.47 Å². The number of carbonyl (C=O) groups excluding carboxylic acids is 1. The summed E-state index contributed by atoms with van der Waals surface area (Å²) in [4.78, 5) is 11.3. The number of hydrogen-bond donors (Lipinski definition) is 0. The van der Waals surface area contributed by atoms with Crippen molar-refractivity contribution in [3.8, 4) is 0 Å². The highest BCUT2D eigenvalue weighted by atomic mass is 16.5. The van der Waals surface area contributed by atoms with Gasteiger partial charge < -0.3 is 13.9 Å². The van der Waals surface area contributed by atoms with Crippen molar-refractivity contribution in [1.29, 1.82) is 0 Å². The average Bonchev–Trinajstić information content (AvgIpc) is 2.80. The number of aromatic nitrogens is 2. The minimum Gasteiger partial charge on any atom is -0.459 e. The first kappa shape index (κ1) is 11.1. The van der Waals surface area contributed by atoms with Crippen molar-refractivity contribution in [2.45, 2.75) is 25.7 Å². The number of ether oxygens (including phenoxy) is 2. The van der Waals surface area contributed by atoms with Crippen LogP contribution in [0.15, 0.2) is 4.42 Å². The lowest BCUT2D eigenvalue weighted by molar-refractivity contribution is 0.0473. The molecule has 1 aromatic rings. The molecule has 1 aliphatic rings. The first-order chi connectivity index (χ1) is 7.81. The quantitative estimate of drug-likeness (QED) is 0.719. The van der Waals surface area contributed by atoms with Crippen molar-refractivity contribution in [3.63, 3.8) is 0 Å². The predicted octanol–water partition coefficient (Wildman–Crippen LogP) is 1.14. The Morgan fingerprint density at radius 3 is 2.88 bits per heavy atom. The lowest BCUT2D eigenvalue weighted by Crippen LogP contribution is -2.14. The van der Waals surface area contributed by atoms with E-state index in [1.165, 1.54) is 0 Å². The van der Waals surface area contributed by atoms with Gasteiger partial charge in [0.15, 0.2) is 0 Å². The molecule has 1 aliphatic heterocycles. The van der Waals surface area contributed by atoms with Gasteiger partial charge in [-0.15, -0.1) is 10.2 Å². The molecule has 2 rings (SSSR count). The van der Waals surface area contributed by atoms with Gasteiger partial charge in [0.25, 0.3) is 0 Å². The maximum atomic E-state index is 11.3. The van der Waals surface area contributed by atoms with Crippen LogP contribution < -0.4 is 0 Å². The molecule has 6 nitrogen and oxygen atoms in total. The Labute approximate surface area is 92.9 Å². The molecular weight excluding hydrogens is 212 g/mol. The van der Waals surface area contributed by atoms with Gasteiger partial charge in [-0.05, 0) is 19.8 Å². The van der Waals surface area contributed by atoms with E-state index in [-0.39, 0.29) is 11.8 Å². The summed E-state index contributed by atoms with van der Waals surface area (Å²) in [5, 5.41) is 7.55. The van der Waals surface area contributed by atoms with E-state index in [0.717, 1.165) is 12.8 Å². The molecule has 0 amide bonds. The maximum absolute atomic E-state index is 11.3. The first-order valence-corrected chi connectivity index (χ1v) is 5.39. The monoisotopic (exact) mass is 226 g/mol. The molecule has 2 heterocycles. The van der Waals surface area contributed by atoms with Crippen molar-refractivity contribution >= 4 is 5.97 Å². The van der Waals surface area contributed by atoms with Gasteiger partial charge in [-0.3, -0.25) is 0 Å². The van der Waals surface area contributed by atoms with E-state index in [4.69, 9.17) is 13.9 Å². The molecule has 0 radical (unpaired) electrons. The molecule has 0 bridgehead atoms. The minimum absolute atomic E-state index is 0.0664. The van der Waals surface area contributed by atoms with Crippen LogP contribution in [0.25, 0.3) is 0 Å². The lowest BCUT2D eigenvalue weighted by atomic mass is 10.0. The lowest BCUT2D eigenvalue weighted by Gasteiger charge is -2.18. The summed E-state index contributed by atoms with van der Waals surface area (Å²) < 4.78 is 15.3. The van der Waals surface area contributed by atoms with Crippen molar-refractivity contribution < 1.29 is 18.7 Å². The highest BCUT2D eigenvalue weighted by molar-refractivity contribution is 5.83. The molecule has 0 N–H and O–H groups in total. The first-order valence-electron chi connectivity index (χ1n) is 5.39. The van der Waals surface area contributed by atoms with Crippen molar-refractivity contribution in [2.24, 2.45) is 0 Å². The fourth-order valence-electron chi connectivity index (χ4n) is 1.62. The molecule has 0 aliphatic carbocycles. The number of carbonyl (C=O) groups is 1. The fourth-order valence-corrected chi connectivity index (χ4v) is 1.62. The highest BCUT2D eigenvalue weighted by Gasteiger charge is 2.24. The molecule has 0 atom stereocenters. The number of nitrogens with zero attached hydrogens (tertiary/aromatic N) is 2. The molecule has 1 aromatic heterocycles. The van der Waals surface area contributed by atoms with Crippen molar-refractivity contribution in [1.82, 2.24) is 10.2 Å². The summed E-state index contributed by atoms with van der Waals surface area (Å²) in [7, 11) is 0. The second kappa shape index (κ2) is 5.07. The van der Waals surface area contributed by atoms with Gasteiger partial charge in [0.2, 0.25) is 5.89 Å². The van der Waals surface area contributed by atoms with Crippen LogP contribution in [-0.4, -0.2) is 36.0 Å². The van der Waals surface area contributed by atoms with Crippen molar-refractivity contribution in [2.75, 3.05) is 19.8 Å². The Balaban J connectivity index is 2.03. The Hall–Kier alpha value is -1.43. The summed E-state index contributed by atoms with van der Waals surface area (Å²) in [6, 6.07) is 0. The van der Waals surface area contributed by atoms with Gasteiger partial charge >= 0.3 is 11.9 Å². The fraction of sp³-hybridized carbons (Fsp3) is 0.700. The summed E-state index contributed by atoms with van der Waals surface area (Å²) in [6.07, 6.45) is 1.70. The summed E-state index contributed by atoms with van der Waals surface area (Å²) in [5.74, 6) is 0.0763. The summed E-state index contributed by atoms with van der Waals surface area (Å²) in [6.45, 7) is 3.42. The number of esters is 1. The van der Waals surface area contributed by atoms with Gasteiger partial charge in [0, 0.05) is 19.1 Å². The average molecular weight is 226 g/mol. The van der Waals surface area contributed by atoms with Crippen molar-refractivity contribution in [3.05, 3.63) is 11.8 Å². The molecule has 0 spiro atoms. The third-order valence-corrected chi connectivity index (χ3v) is 2.46. The van der Waals surface area contributed by atoms with E-state index < -0.39 is 5.97 Å². The Kier molecular flexibility index (Phi) is 3.51. The van der Waals surface area contributed by atoms with E-state index in [0.29, 0.717) is 25.7 Å². The van der Waals surface area contributed by atoms with Gasteiger partial charge in [-0.2, -0.15) is 0 Å². The van der Waals surface area contributed by atoms with E-state index in [2.05, 4.69) is 10.2 Å². The highest BCUT2D eigenvalue weighted by Crippen LogP contribution is 2.25. The van der Waals surface area contributed by atoms with E-state index in [1.807, 2.05) is 0 Å². The third-order valence-electron chi connectivity index (χ3n) is 2.46. The van der Waals surface area contributed by atoms with E-state index in [1.54, 1.807) is 6.92 Å². The van der Waals surface area contributed by atoms with E-state index >= 15 is 0 Å². The number of hydrogen-bond acceptors (Lipinski definition) is 6. The maximum Gasteiger partial charge on any atom is 0.396 e. The molecule has 0 saturated carbocycles. The van der Waals surface area contributed by atoms with Gasteiger partial charge in [0.1, 0.15) is 0 Å². The Morgan fingerprint density at radius 1 is 1.44 bits per heavy atom. The van der Waals surface area contributed by atoms with Crippen LogP contribution in [0, 0.1) is 0 Å². The Bertz CT molecular complexity index is 357. The second-order valence-electron chi connectivity index (χ2n) is 3.55. The van der Waals surface area contributed by atoms with Crippen LogP contribution in [0.4, 0.5) is 0 Å². The third kappa shape index (κ3) is 2.38.